The van der Waals surface area contributed by atoms with Gasteiger partial charge in [-0.3, -0.25) is 0 Å². The van der Waals surface area contributed by atoms with E-state index in [0.29, 0.717) is 0 Å². The molecule has 0 saturated carbocycles. The summed E-state index contributed by atoms with van der Waals surface area (Å²) < 4.78 is 9.40. The molecular formula is C6H5NO3Se. The average molecular weight is 218 g/mol. The van der Waals surface area contributed by atoms with Gasteiger partial charge in [0.25, 0.3) is 0 Å². The first-order chi connectivity index (χ1) is 5.24. The van der Waals surface area contributed by atoms with Gasteiger partial charge in [0, 0.05) is 0 Å². The molecule has 0 unspecified atom stereocenters. The van der Waals surface area contributed by atoms with E-state index < -0.39 is 20.2 Å². The molecule has 0 radical (unpaired) electrons. The molecule has 0 aliphatic carbocycles. The van der Waals surface area contributed by atoms with E-state index in [4.69, 9.17) is 4.19 Å². The van der Waals surface area contributed by atoms with Crippen LogP contribution >= 0.6 is 0 Å². The zero-order chi connectivity index (χ0) is 8.27. The average Bonchev–Trinajstić information content (AvgIpc) is 2.05. The van der Waals surface area contributed by atoms with E-state index in [0.717, 1.165) is 4.46 Å². The Morgan fingerprint density at radius 1 is 1.36 bits per heavy atom. The van der Waals surface area contributed by atoms with E-state index >= 15 is 0 Å². The molecule has 1 N–H and O–H groups in total. The predicted molar refractivity (Wildman–Crippen MR) is 40.7 cm³/mol. The van der Waals surface area contributed by atoms with Gasteiger partial charge in [-0.05, 0) is 0 Å². The van der Waals surface area contributed by atoms with Crippen LogP contribution in [0.4, 0.5) is 5.69 Å². The van der Waals surface area contributed by atoms with Gasteiger partial charge in [-0.1, -0.05) is 0 Å². The maximum atomic E-state index is 10.1. The molecule has 0 atom stereocenters. The fourth-order valence-corrected chi connectivity index (χ4v) is 1.17. The summed E-state index contributed by atoms with van der Waals surface area (Å²) in [4.78, 5) is 9.68. The van der Waals surface area contributed by atoms with Crippen LogP contribution in [0.25, 0.3) is 0 Å². The van der Waals surface area contributed by atoms with Gasteiger partial charge in [-0.2, -0.15) is 0 Å². The molecule has 0 amide bonds. The number of nitro benzene ring substituents is 1. The van der Waals surface area contributed by atoms with Crippen molar-refractivity contribution in [2.75, 3.05) is 0 Å². The summed E-state index contributed by atoms with van der Waals surface area (Å²) >= 11 is -0.574. The second-order valence-corrected chi connectivity index (χ2v) is 3.21. The standard InChI is InChI=1S/C6H5NO3Se/c8-7(9)5-1-3-6(11-10)4-2-5/h1-4,10H. The van der Waals surface area contributed by atoms with Crippen molar-refractivity contribution in [2.24, 2.45) is 0 Å². The first kappa shape index (κ1) is 8.20. The Morgan fingerprint density at radius 3 is 2.27 bits per heavy atom. The summed E-state index contributed by atoms with van der Waals surface area (Å²) in [5, 5.41) is 10.1. The fourth-order valence-electron chi connectivity index (χ4n) is 0.629. The van der Waals surface area contributed by atoms with Crippen LogP contribution in [0.15, 0.2) is 24.3 Å². The summed E-state index contributed by atoms with van der Waals surface area (Å²) in [6.45, 7) is 0. The van der Waals surface area contributed by atoms with E-state index in [1.165, 1.54) is 12.1 Å². The number of non-ortho nitro benzene ring substituents is 1. The molecule has 0 spiro atoms. The number of benzene rings is 1. The van der Waals surface area contributed by atoms with Gasteiger partial charge in [-0.25, -0.2) is 0 Å². The maximum absolute atomic E-state index is 10.1. The van der Waals surface area contributed by atoms with E-state index in [9.17, 15) is 10.1 Å². The minimum absolute atomic E-state index is 0.0537. The molecule has 11 heavy (non-hydrogen) atoms. The Kier molecular flexibility index (Phi) is 2.59. The van der Waals surface area contributed by atoms with Crippen LogP contribution in [-0.4, -0.2) is 24.4 Å². The van der Waals surface area contributed by atoms with Gasteiger partial charge in [0.05, 0.1) is 0 Å². The number of hydrogen-bond donors (Lipinski definition) is 1. The fraction of sp³-hybridized carbons (Fsp3) is 0. The van der Waals surface area contributed by atoms with E-state index in [1.807, 2.05) is 0 Å². The molecule has 0 saturated heterocycles. The van der Waals surface area contributed by atoms with E-state index in [2.05, 4.69) is 0 Å². The molecule has 0 heterocycles. The van der Waals surface area contributed by atoms with Crippen LogP contribution < -0.4 is 4.46 Å². The van der Waals surface area contributed by atoms with Crippen molar-refractivity contribution in [1.29, 1.82) is 0 Å². The first-order valence-electron chi connectivity index (χ1n) is 2.80. The van der Waals surface area contributed by atoms with Gasteiger partial charge in [0.2, 0.25) is 0 Å². The number of hydrogen-bond acceptors (Lipinski definition) is 3. The van der Waals surface area contributed by atoms with Crippen molar-refractivity contribution in [3.8, 4) is 0 Å². The quantitative estimate of drug-likeness (QED) is 0.426. The third-order valence-electron chi connectivity index (χ3n) is 1.15. The van der Waals surface area contributed by atoms with Gasteiger partial charge >= 0.3 is 68.9 Å². The van der Waals surface area contributed by atoms with Gasteiger partial charge in [0.15, 0.2) is 0 Å². The Morgan fingerprint density at radius 2 is 1.91 bits per heavy atom. The van der Waals surface area contributed by atoms with Crippen LogP contribution in [-0.2, 0) is 0 Å². The van der Waals surface area contributed by atoms with Crippen molar-refractivity contribution in [1.82, 2.24) is 0 Å². The molecule has 5 heteroatoms. The van der Waals surface area contributed by atoms with Gasteiger partial charge in [0.1, 0.15) is 0 Å². The Hall–Kier alpha value is -0.901. The summed E-state index contributed by atoms with van der Waals surface area (Å²) in [5.41, 5.74) is 0.0537. The summed E-state index contributed by atoms with van der Waals surface area (Å²) in [6, 6.07) is 5.87. The number of nitrogens with zero attached hydrogens (tertiary/aromatic N) is 1. The normalized spacial score (nSPS) is 9.55. The molecular weight excluding hydrogens is 213 g/mol. The summed E-state index contributed by atoms with van der Waals surface area (Å²) in [5.74, 6) is 0. The van der Waals surface area contributed by atoms with Crippen LogP contribution in [0.1, 0.15) is 0 Å². The van der Waals surface area contributed by atoms with E-state index in [1.54, 1.807) is 12.1 Å². The minimum atomic E-state index is -0.574. The van der Waals surface area contributed by atoms with Crippen LogP contribution in [0.5, 0.6) is 0 Å². The molecule has 0 aromatic heterocycles. The third-order valence-corrected chi connectivity index (χ3v) is 2.17. The summed E-state index contributed by atoms with van der Waals surface area (Å²) in [6.07, 6.45) is 0. The number of rotatable bonds is 2. The summed E-state index contributed by atoms with van der Waals surface area (Å²) in [7, 11) is 0. The van der Waals surface area contributed by atoms with Crippen LogP contribution in [0.3, 0.4) is 0 Å². The molecule has 1 rings (SSSR count). The Labute approximate surface area is 69.5 Å². The first-order valence-corrected chi connectivity index (χ1v) is 4.42. The zero-order valence-electron chi connectivity index (χ0n) is 5.43. The molecule has 4 nitrogen and oxygen atoms in total. The Balaban J connectivity index is 2.91. The van der Waals surface area contributed by atoms with Crippen molar-refractivity contribution in [2.45, 2.75) is 0 Å². The van der Waals surface area contributed by atoms with Crippen LogP contribution in [0, 0.1) is 10.1 Å². The molecule has 0 aliphatic heterocycles. The molecule has 0 aliphatic rings. The molecule has 0 fully saturated rings. The SMILES string of the molecule is O=[N+]([O-])c1ccc([Se]O)cc1. The molecule has 58 valence electrons. The second-order valence-electron chi connectivity index (χ2n) is 1.84. The van der Waals surface area contributed by atoms with Crippen molar-refractivity contribution in [3.63, 3.8) is 0 Å². The Bertz CT molecular complexity index is 259. The molecule has 1 aromatic carbocycles. The topological polar surface area (TPSA) is 63.4 Å². The third kappa shape index (κ3) is 2.01. The van der Waals surface area contributed by atoms with Crippen molar-refractivity contribution < 1.29 is 9.11 Å². The molecule has 1 aromatic rings. The van der Waals surface area contributed by atoms with Gasteiger partial charge < -0.3 is 0 Å². The van der Waals surface area contributed by atoms with Crippen molar-refractivity contribution in [3.05, 3.63) is 34.4 Å². The predicted octanol–water partition coefficient (Wildman–Crippen LogP) is -0.168. The second kappa shape index (κ2) is 3.48. The number of nitro groups is 1. The monoisotopic (exact) mass is 219 g/mol. The van der Waals surface area contributed by atoms with E-state index in [-0.39, 0.29) is 5.69 Å². The zero-order valence-corrected chi connectivity index (χ0v) is 7.14. The molecule has 0 bridgehead atoms. The van der Waals surface area contributed by atoms with Gasteiger partial charge in [-0.15, -0.1) is 0 Å². The van der Waals surface area contributed by atoms with Crippen molar-refractivity contribution >= 4 is 25.4 Å². The van der Waals surface area contributed by atoms with Crippen LogP contribution in [0.2, 0.25) is 0 Å².